The number of piperazine rings is 1. The Balaban J connectivity index is 1.40. The number of benzene rings is 1. The van der Waals surface area contributed by atoms with Crippen molar-refractivity contribution in [3.05, 3.63) is 39.9 Å². The molecule has 30 heavy (non-hydrogen) atoms. The summed E-state index contributed by atoms with van der Waals surface area (Å²) < 4.78 is 5.06. The van der Waals surface area contributed by atoms with E-state index in [2.05, 4.69) is 22.5 Å². The average Bonchev–Trinajstić information content (AvgIpc) is 3.08. The van der Waals surface area contributed by atoms with Crippen LogP contribution in [0.5, 0.6) is 0 Å². The lowest BCUT2D eigenvalue weighted by Crippen LogP contribution is -2.52. The maximum absolute atomic E-state index is 12.7. The molecule has 0 spiro atoms. The molecule has 0 N–H and O–H groups in total. The van der Waals surface area contributed by atoms with E-state index in [1.165, 1.54) is 30.6 Å². The highest BCUT2D eigenvalue weighted by Gasteiger charge is 2.36. The molecule has 2 heterocycles. The van der Waals surface area contributed by atoms with E-state index in [1.807, 2.05) is 16.8 Å². The van der Waals surface area contributed by atoms with Crippen LogP contribution in [0.25, 0.3) is 0 Å². The average molecular weight is 436 g/mol. The van der Waals surface area contributed by atoms with Crippen molar-refractivity contribution in [1.82, 2.24) is 14.7 Å². The summed E-state index contributed by atoms with van der Waals surface area (Å²) in [4.78, 5) is 44.2. The first-order valence-electron chi connectivity index (χ1n) is 9.69. The topological polar surface area (TPSA) is 109 Å². The lowest BCUT2D eigenvalue weighted by molar-refractivity contribution is -0.384. The molecule has 11 heteroatoms. The first-order valence-corrected chi connectivity index (χ1v) is 10.2. The van der Waals surface area contributed by atoms with Crippen LogP contribution in [0, 0.1) is 10.1 Å². The number of hydrogen-bond donors (Lipinski definition) is 1. The van der Waals surface area contributed by atoms with Crippen molar-refractivity contribution >= 4 is 36.7 Å². The zero-order chi connectivity index (χ0) is 21.7. The Labute approximate surface area is 180 Å². The van der Waals surface area contributed by atoms with Crippen LogP contribution in [-0.4, -0.2) is 89.0 Å². The summed E-state index contributed by atoms with van der Waals surface area (Å²) in [6.07, 6.45) is 1.46. The van der Waals surface area contributed by atoms with Gasteiger partial charge in [-0.3, -0.25) is 19.8 Å². The zero-order valence-corrected chi connectivity index (χ0v) is 17.6. The highest BCUT2D eigenvalue weighted by atomic mass is 32.1. The van der Waals surface area contributed by atoms with Crippen LogP contribution in [0.15, 0.2) is 29.3 Å². The second-order valence-corrected chi connectivity index (χ2v) is 8.16. The number of nitro benzene ring substituents is 1. The zero-order valence-electron chi connectivity index (χ0n) is 16.7. The third-order valence-corrected chi connectivity index (χ3v) is 5.65. The number of carbonyl (C=O) groups is 2. The van der Waals surface area contributed by atoms with Gasteiger partial charge < -0.3 is 14.5 Å². The second-order valence-electron chi connectivity index (χ2n) is 7.43. The number of nitro groups is 1. The summed E-state index contributed by atoms with van der Waals surface area (Å²) in [5, 5.41) is 10.9. The minimum atomic E-state index is -0.737. The first-order chi connectivity index (χ1) is 14.3. The smallest absolute Gasteiger partial charge is 0.435 e. The Bertz CT molecular complexity index is 810. The molecule has 0 unspecified atom stereocenters. The summed E-state index contributed by atoms with van der Waals surface area (Å²) >= 11 is 4.47. The first kappa shape index (κ1) is 22.0. The van der Waals surface area contributed by atoms with Crippen molar-refractivity contribution in [2.75, 3.05) is 39.8 Å². The number of non-ortho nitro benzene ring substituents is 1. The molecule has 0 saturated carbocycles. The molecule has 10 nitrogen and oxygen atoms in total. The van der Waals surface area contributed by atoms with E-state index in [0.29, 0.717) is 31.7 Å². The molecule has 2 amide bonds. The molecule has 0 aromatic heterocycles. The minimum absolute atomic E-state index is 0.0164. The Morgan fingerprint density at radius 1 is 1.27 bits per heavy atom. The van der Waals surface area contributed by atoms with Crippen molar-refractivity contribution in [2.24, 2.45) is 4.99 Å². The monoisotopic (exact) mass is 435 g/mol. The Hall–Kier alpha value is -2.66. The van der Waals surface area contributed by atoms with Gasteiger partial charge in [0, 0.05) is 50.1 Å². The number of aliphatic imine (C=N–C) groups is 1. The van der Waals surface area contributed by atoms with Crippen molar-refractivity contribution < 1.29 is 19.2 Å². The molecule has 3 rings (SSSR count). The van der Waals surface area contributed by atoms with Gasteiger partial charge in [0.2, 0.25) is 5.91 Å². The summed E-state index contributed by atoms with van der Waals surface area (Å²) in [5.74, 6) is 0.133. The number of amides is 2. The van der Waals surface area contributed by atoms with Crippen LogP contribution in [0.1, 0.15) is 12.0 Å². The van der Waals surface area contributed by atoms with Crippen LogP contribution >= 0.6 is 12.6 Å². The third kappa shape index (κ3) is 5.70. The molecule has 2 saturated heterocycles. The molecular weight excluding hydrogens is 410 g/mol. The number of carbonyl (C=O) groups excluding carboxylic acids is 2. The Kier molecular flexibility index (Phi) is 7.27. The summed E-state index contributed by atoms with van der Waals surface area (Å²) in [5.41, 5.74) is 0.613. The number of thiol groups is 1. The van der Waals surface area contributed by atoms with Crippen molar-refractivity contribution in [1.29, 1.82) is 0 Å². The van der Waals surface area contributed by atoms with Crippen molar-refractivity contribution in [2.45, 2.75) is 24.3 Å². The molecule has 0 aliphatic carbocycles. The van der Waals surface area contributed by atoms with Gasteiger partial charge in [0.25, 0.3) is 5.69 Å². The molecule has 2 aliphatic heterocycles. The molecule has 2 aliphatic rings. The van der Waals surface area contributed by atoms with Gasteiger partial charge in [-0.05, 0) is 31.2 Å². The fraction of sp³-hybridized carbons (Fsp3) is 0.526. The van der Waals surface area contributed by atoms with Crippen LogP contribution in [-0.2, 0) is 16.1 Å². The molecular formula is C19H25N5O5S. The van der Waals surface area contributed by atoms with E-state index in [9.17, 15) is 19.7 Å². The van der Waals surface area contributed by atoms with Crippen molar-refractivity contribution in [3.63, 3.8) is 0 Å². The van der Waals surface area contributed by atoms with Gasteiger partial charge in [-0.1, -0.05) is 0 Å². The largest absolute Gasteiger partial charge is 0.443 e. The van der Waals surface area contributed by atoms with E-state index in [1.54, 1.807) is 0 Å². The maximum Gasteiger partial charge on any atom is 0.435 e. The lowest BCUT2D eigenvalue weighted by Gasteiger charge is -2.35. The molecule has 2 fully saturated rings. The standard InChI is InChI=1S/C19H25N5O5S/c1-21-11-16(30)10-17(21)18(25)23-8-6-22(7-9-23)13-20-19(26)29-12-14-2-4-15(5-3-14)24(27)28/h2-5,13,16-17,30H,6-12H2,1H3/t16-,17-/m0/s1. The number of nitrogens with zero attached hydrogens (tertiary/aromatic N) is 5. The van der Waals surface area contributed by atoms with E-state index in [0.717, 1.165) is 13.0 Å². The second kappa shape index (κ2) is 9.90. The maximum atomic E-state index is 12.7. The summed E-state index contributed by atoms with van der Waals surface area (Å²) in [6, 6.07) is 5.66. The van der Waals surface area contributed by atoms with Gasteiger partial charge in [-0.2, -0.15) is 17.6 Å². The molecule has 1 aromatic carbocycles. The van der Waals surface area contributed by atoms with Gasteiger partial charge in [0.05, 0.1) is 17.3 Å². The normalized spacial score (nSPS) is 22.5. The number of ether oxygens (including phenoxy) is 1. The van der Waals surface area contributed by atoms with E-state index in [-0.39, 0.29) is 29.5 Å². The Morgan fingerprint density at radius 2 is 1.93 bits per heavy atom. The van der Waals surface area contributed by atoms with Gasteiger partial charge >= 0.3 is 6.09 Å². The lowest BCUT2D eigenvalue weighted by atomic mass is 10.1. The van der Waals surface area contributed by atoms with Crippen molar-refractivity contribution in [3.8, 4) is 0 Å². The highest BCUT2D eigenvalue weighted by molar-refractivity contribution is 7.81. The summed E-state index contributed by atoms with van der Waals surface area (Å²) in [6.45, 7) is 3.12. The number of hydrogen-bond acceptors (Lipinski definition) is 7. The van der Waals surface area contributed by atoms with Gasteiger partial charge in [0.15, 0.2) is 0 Å². The van der Waals surface area contributed by atoms with Crippen LogP contribution in [0.2, 0.25) is 0 Å². The van der Waals surface area contributed by atoms with Crippen LogP contribution < -0.4 is 0 Å². The predicted octanol–water partition coefficient (Wildman–Crippen LogP) is 1.41. The van der Waals surface area contributed by atoms with E-state index >= 15 is 0 Å². The van der Waals surface area contributed by atoms with Gasteiger partial charge in [-0.25, -0.2) is 4.79 Å². The number of rotatable bonds is 5. The fourth-order valence-electron chi connectivity index (χ4n) is 3.55. The number of likely N-dealkylation sites (tertiary alicyclic amines) is 1. The predicted molar refractivity (Wildman–Crippen MR) is 114 cm³/mol. The van der Waals surface area contributed by atoms with E-state index < -0.39 is 11.0 Å². The van der Waals surface area contributed by atoms with Crippen LogP contribution in [0.4, 0.5) is 10.5 Å². The Morgan fingerprint density at radius 3 is 2.50 bits per heavy atom. The van der Waals surface area contributed by atoms with Gasteiger partial charge in [-0.15, -0.1) is 0 Å². The molecule has 2 atom stereocenters. The fourth-order valence-corrected chi connectivity index (χ4v) is 4.01. The quantitative estimate of drug-likeness (QED) is 0.245. The molecule has 0 radical (unpaired) electrons. The van der Waals surface area contributed by atoms with E-state index in [4.69, 9.17) is 4.74 Å². The minimum Gasteiger partial charge on any atom is -0.443 e. The van der Waals surface area contributed by atoms with Gasteiger partial charge in [0.1, 0.15) is 6.61 Å². The SMILES string of the molecule is CN1C[C@@H](S)C[C@H]1C(=O)N1CCN(C=NC(=O)OCc2ccc([N+](=O)[O-])cc2)CC1. The van der Waals surface area contributed by atoms with Crippen LogP contribution in [0.3, 0.4) is 0 Å². The molecule has 0 bridgehead atoms. The highest BCUT2D eigenvalue weighted by Crippen LogP contribution is 2.22. The third-order valence-electron chi connectivity index (χ3n) is 5.27. The summed E-state index contributed by atoms with van der Waals surface area (Å²) in [7, 11) is 1.95. The molecule has 162 valence electrons. The number of likely N-dealkylation sites (N-methyl/N-ethyl adjacent to an activating group) is 1. The molecule has 1 aromatic rings.